The summed E-state index contributed by atoms with van der Waals surface area (Å²) in [4.78, 5) is 19.4. The van der Waals surface area contributed by atoms with Crippen LogP contribution in [-0.2, 0) is 6.42 Å². The molecule has 0 unspecified atom stereocenters. The highest BCUT2D eigenvalue weighted by molar-refractivity contribution is 6.33. The van der Waals surface area contributed by atoms with Gasteiger partial charge in [0.2, 0.25) is 0 Å². The second-order valence-electron chi connectivity index (χ2n) is 6.42. The van der Waals surface area contributed by atoms with Crippen LogP contribution in [0.5, 0.6) is 0 Å². The summed E-state index contributed by atoms with van der Waals surface area (Å²) < 4.78 is 13.5. The summed E-state index contributed by atoms with van der Waals surface area (Å²) in [5.74, 6) is 0.164. The Morgan fingerprint density at radius 1 is 1.10 bits per heavy atom. The van der Waals surface area contributed by atoms with Crippen molar-refractivity contribution in [2.24, 2.45) is 4.99 Å². The summed E-state index contributed by atoms with van der Waals surface area (Å²) in [6.07, 6.45) is 2.61. The van der Waals surface area contributed by atoms with E-state index in [0.717, 1.165) is 16.5 Å². The SMILES string of the molecule is CN=C(NCCNC(=O)c1ccccc1Cl)NCCc1c[nH]c2ccc(F)cc12. The number of rotatable bonds is 7. The van der Waals surface area contributed by atoms with E-state index in [1.807, 2.05) is 6.20 Å². The van der Waals surface area contributed by atoms with Gasteiger partial charge in [-0.15, -0.1) is 0 Å². The summed E-state index contributed by atoms with van der Waals surface area (Å²) in [5, 5.41) is 10.5. The molecule has 8 heteroatoms. The van der Waals surface area contributed by atoms with E-state index in [-0.39, 0.29) is 11.7 Å². The highest BCUT2D eigenvalue weighted by Gasteiger charge is 2.09. The van der Waals surface area contributed by atoms with Crippen molar-refractivity contribution < 1.29 is 9.18 Å². The molecule has 1 heterocycles. The molecule has 0 spiro atoms. The lowest BCUT2D eigenvalue weighted by molar-refractivity contribution is 0.0954. The van der Waals surface area contributed by atoms with Crippen LogP contribution in [0.15, 0.2) is 53.7 Å². The lowest BCUT2D eigenvalue weighted by atomic mass is 10.1. The van der Waals surface area contributed by atoms with E-state index in [4.69, 9.17) is 11.6 Å². The fourth-order valence-corrected chi connectivity index (χ4v) is 3.21. The molecule has 4 N–H and O–H groups in total. The number of guanidine groups is 1. The maximum Gasteiger partial charge on any atom is 0.252 e. The normalized spacial score (nSPS) is 11.5. The van der Waals surface area contributed by atoms with Gasteiger partial charge in [0.25, 0.3) is 5.91 Å². The number of carbonyl (C=O) groups is 1. The first-order valence-corrected chi connectivity index (χ1v) is 9.69. The molecule has 0 saturated carbocycles. The zero-order chi connectivity index (χ0) is 20.6. The predicted molar refractivity (Wildman–Crippen MR) is 115 cm³/mol. The van der Waals surface area contributed by atoms with Crippen molar-refractivity contribution in [1.29, 1.82) is 0 Å². The minimum absolute atomic E-state index is 0.216. The molecule has 0 aliphatic heterocycles. The van der Waals surface area contributed by atoms with E-state index < -0.39 is 0 Å². The number of hydrogen-bond acceptors (Lipinski definition) is 2. The number of benzene rings is 2. The second kappa shape index (κ2) is 9.93. The molecule has 0 aliphatic carbocycles. The summed E-state index contributed by atoms with van der Waals surface area (Å²) in [6.45, 7) is 1.57. The Morgan fingerprint density at radius 3 is 2.66 bits per heavy atom. The number of hydrogen-bond donors (Lipinski definition) is 4. The first-order chi connectivity index (χ1) is 14.1. The molecule has 1 amide bonds. The van der Waals surface area contributed by atoms with Gasteiger partial charge in [-0.05, 0) is 42.3 Å². The first kappa shape index (κ1) is 20.7. The Morgan fingerprint density at radius 2 is 1.86 bits per heavy atom. The third kappa shape index (κ3) is 5.48. The molecule has 0 radical (unpaired) electrons. The lowest BCUT2D eigenvalue weighted by Crippen LogP contribution is -2.42. The summed E-state index contributed by atoms with van der Waals surface area (Å²) in [6, 6.07) is 11.6. The van der Waals surface area contributed by atoms with Crippen LogP contribution in [0.2, 0.25) is 5.02 Å². The number of fused-ring (bicyclic) bond motifs is 1. The third-order valence-electron chi connectivity index (χ3n) is 4.46. The Bertz CT molecular complexity index is 1020. The Hall–Kier alpha value is -3.06. The van der Waals surface area contributed by atoms with Crippen LogP contribution >= 0.6 is 11.6 Å². The molecular weight excluding hydrogens is 393 g/mol. The zero-order valence-electron chi connectivity index (χ0n) is 16.1. The number of aromatic amines is 1. The van der Waals surface area contributed by atoms with Crippen molar-refractivity contribution in [2.75, 3.05) is 26.7 Å². The maximum atomic E-state index is 13.5. The fourth-order valence-electron chi connectivity index (χ4n) is 2.99. The number of aliphatic imine (C=N–C) groups is 1. The average molecular weight is 416 g/mol. The largest absolute Gasteiger partial charge is 0.361 e. The monoisotopic (exact) mass is 415 g/mol. The highest BCUT2D eigenvalue weighted by Crippen LogP contribution is 2.19. The molecule has 2 aromatic carbocycles. The number of halogens is 2. The molecule has 1 aromatic heterocycles. The van der Waals surface area contributed by atoms with Gasteiger partial charge in [-0.2, -0.15) is 0 Å². The van der Waals surface area contributed by atoms with Gasteiger partial charge in [0.1, 0.15) is 5.82 Å². The molecule has 29 heavy (non-hydrogen) atoms. The molecule has 0 atom stereocenters. The number of nitrogens with one attached hydrogen (secondary N) is 4. The fraction of sp³-hybridized carbons (Fsp3) is 0.238. The minimum atomic E-state index is -0.248. The van der Waals surface area contributed by atoms with Crippen molar-refractivity contribution in [2.45, 2.75) is 6.42 Å². The van der Waals surface area contributed by atoms with Crippen LogP contribution in [0.4, 0.5) is 4.39 Å². The van der Waals surface area contributed by atoms with Gasteiger partial charge in [0.15, 0.2) is 5.96 Å². The molecule has 6 nitrogen and oxygen atoms in total. The van der Waals surface area contributed by atoms with Crippen molar-refractivity contribution in [1.82, 2.24) is 20.9 Å². The molecular formula is C21H23ClFN5O. The highest BCUT2D eigenvalue weighted by atomic mass is 35.5. The molecule has 0 saturated heterocycles. The van der Waals surface area contributed by atoms with Crippen LogP contribution in [0.1, 0.15) is 15.9 Å². The number of H-pyrrole nitrogens is 1. The smallest absolute Gasteiger partial charge is 0.252 e. The van der Waals surface area contributed by atoms with E-state index in [1.54, 1.807) is 37.4 Å². The Labute approximate surface area is 173 Å². The van der Waals surface area contributed by atoms with E-state index in [0.29, 0.717) is 42.6 Å². The number of carbonyl (C=O) groups excluding carboxylic acids is 1. The quantitative estimate of drug-likeness (QED) is 0.272. The van der Waals surface area contributed by atoms with Crippen LogP contribution < -0.4 is 16.0 Å². The van der Waals surface area contributed by atoms with Gasteiger partial charge in [-0.1, -0.05) is 23.7 Å². The number of nitrogens with zero attached hydrogens (tertiary/aromatic N) is 1. The standard InChI is InChI=1S/C21H23ClFN5O/c1-24-21(27-11-10-25-20(29)16-4-2-3-5-18(16)22)26-9-8-14-13-28-19-7-6-15(23)12-17(14)19/h2-7,12-13,28H,8-11H2,1H3,(H,25,29)(H2,24,26,27). The predicted octanol–water partition coefficient (Wildman–Crippen LogP) is 3.10. The van der Waals surface area contributed by atoms with Gasteiger partial charge < -0.3 is 20.9 Å². The van der Waals surface area contributed by atoms with Gasteiger partial charge >= 0.3 is 0 Å². The Kier molecular flexibility index (Phi) is 7.08. The summed E-state index contributed by atoms with van der Waals surface area (Å²) in [5.41, 5.74) is 2.40. The summed E-state index contributed by atoms with van der Waals surface area (Å²) in [7, 11) is 1.68. The lowest BCUT2D eigenvalue weighted by Gasteiger charge is -2.12. The van der Waals surface area contributed by atoms with Crippen molar-refractivity contribution in [3.63, 3.8) is 0 Å². The Balaban J connectivity index is 1.41. The number of amides is 1. The first-order valence-electron chi connectivity index (χ1n) is 9.31. The van der Waals surface area contributed by atoms with Gasteiger partial charge in [0.05, 0.1) is 10.6 Å². The second-order valence-corrected chi connectivity index (χ2v) is 6.82. The van der Waals surface area contributed by atoms with Crippen LogP contribution in [-0.4, -0.2) is 43.5 Å². The van der Waals surface area contributed by atoms with Gasteiger partial charge in [-0.3, -0.25) is 9.79 Å². The van der Waals surface area contributed by atoms with E-state index in [1.165, 1.54) is 12.1 Å². The molecule has 152 valence electrons. The van der Waals surface area contributed by atoms with Gasteiger partial charge in [0, 0.05) is 43.8 Å². The molecule has 3 aromatic rings. The number of aromatic nitrogens is 1. The van der Waals surface area contributed by atoms with E-state index in [2.05, 4.69) is 25.9 Å². The van der Waals surface area contributed by atoms with E-state index >= 15 is 0 Å². The minimum Gasteiger partial charge on any atom is -0.361 e. The van der Waals surface area contributed by atoms with Gasteiger partial charge in [-0.25, -0.2) is 4.39 Å². The van der Waals surface area contributed by atoms with Crippen molar-refractivity contribution >= 4 is 34.4 Å². The molecule has 3 rings (SSSR count). The third-order valence-corrected chi connectivity index (χ3v) is 4.79. The molecule has 0 fully saturated rings. The van der Waals surface area contributed by atoms with Crippen molar-refractivity contribution in [3.05, 3.63) is 70.6 Å². The van der Waals surface area contributed by atoms with Crippen molar-refractivity contribution in [3.8, 4) is 0 Å². The molecule has 0 bridgehead atoms. The topological polar surface area (TPSA) is 81.3 Å². The van der Waals surface area contributed by atoms with Crippen LogP contribution in [0.25, 0.3) is 10.9 Å². The van der Waals surface area contributed by atoms with Crippen LogP contribution in [0, 0.1) is 5.82 Å². The maximum absolute atomic E-state index is 13.5. The van der Waals surface area contributed by atoms with E-state index in [9.17, 15) is 9.18 Å². The van der Waals surface area contributed by atoms with Crippen LogP contribution in [0.3, 0.4) is 0 Å². The summed E-state index contributed by atoms with van der Waals surface area (Å²) >= 11 is 6.02. The zero-order valence-corrected chi connectivity index (χ0v) is 16.8. The average Bonchev–Trinajstić information content (AvgIpc) is 3.12. The molecule has 0 aliphatic rings.